The highest BCUT2D eigenvalue weighted by molar-refractivity contribution is 5.94. The number of nitrogens with one attached hydrogen (secondary N) is 2. The summed E-state index contributed by atoms with van der Waals surface area (Å²) in [6.07, 6.45) is -1.96. The molecule has 130 valence electrons. The second-order valence-electron chi connectivity index (χ2n) is 5.42. The van der Waals surface area contributed by atoms with Gasteiger partial charge in [0.2, 0.25) is 0 Å². The van der Waals surface area contributed by atoms with Crippen LogP contribution in [-0.2, 0) is 6.18 Å². The molecule has 1 atom stereocenters. The Balaban J connectivity index is 0.00000264. The lowest BCUT2D eigenvalue weighted by atomic mass is 9.96. The van der Waals surface area contributed by atoms with Crippen LogP contribution in [0, 0.1) is 11.7 Å². The van der Waals surface area contributed by atoms with Gasteiger partial charge in [0.05, 0.1) is 11.1 Å². The number of rotatable bonds is 4. The molecule has 23 heavy (non-hydrogen) atoms. The predicted molar refractivity (Wildman–Crippen MR) is 81.2 cm³/mol. The van der Waals surface area contributed by atoms with Gasteiger partial charge in [0.15, 0.2) is 0 Å². The number of hydrogen-bond donors (Lipinski definition) is 2. The Labute approximate surface area is 138 Å². The molecule has 8 heteroatoms. The number of carbonyl (C=O) groups is 1. The Morgan fingerprint density at radius 2 is 2.09 bits per heavy atom. The Hall–Kier alpha value is -1.34. The minimum absolute atomic E-state index is 0. The van der Waals surface area contributed by atoms with E-state index in [-0.39, 0.29) is 12.4 Å². The van der Waals surface area contributed by atoms with Crippen LogP contribution in [0.15, 0.2) is 18.2 Å². The average molecular weight is 355 g/mol. The fourth-order valence-electron chi connectivity index (χ4n) is 2.58. The van der Waals surface area contributed by atoms with Crippen molar-refractivity contribution in [2.24, 2.45) is 5.92 Å². The third kappa shape index (κ3) is 5.35. The molecule has 2 rings (SSSR count). The molecule has 1 heterocycles. The van der Waals surface area contributed by atoms with E-state index in [1.165, 1.54) is 0 Å². The van der Waals surface area contributed by atoms with E-state index < -0.39 is 29.0 Å². The number of halogens is 5. The Morgan fingerprint density at radius 3 is 2.70 bits per heavy atom. The van der Waals surface area contributed by atoms with Crippen LogP contribution in [-0.4, -0.2) is 25.5 Å². The molecule has 1 unspecified atom stereocenters. The molecule has 1 amide bonds. The van der Waals surface area contributed by atoms with Gasteiger partial charge in [-0.25, -0.2) is 4.39 Å². The number of benzene rings is 1. The van der Waals surface area contributed by atoms with Crippen molar-refractivity contribution in [3.05, 3.63) is 35.1 Å². The van der Waals surface area contributed by atoms with Gasteiger partial charge >= 0.3 is 6.18 Å². The van der Waals surface area contributed by atoms with E-state index in [1.807, 2.05) is 0 Å². The lowest BCUT2D eigenvalue weighted by Gasteiger charge is -2.22. The van der Waals surface area contributed by atoms with Crippen molar-refractivity contribution in [2.75, 3.05) is 19.6 Å². The molecule has 1 aliphatic rings. The summed E-state index contributed by atoms with van der Waals surface area (Å²) in [6, 6.07) is 2.72. The van der Waals surface area contributed by atoms with Crippen LogP contribution in [0.5, 0.6) is 0 Å². The topological polar surface area (TPSA) is 41.1 Å². The zero-order valence-corrected chi connectivity index (χ0v) is 13.2. The molecule has 0 radical (unpaired) electrons. The first-order chi connectivity index (χ1) is 10.4. The van der Waals surface area contributed by atoms with Gasteiger partial charge in [0.1, 0.15) is 5.82 Å². The quantitative estimate of drug-likeness (QED) is 0.814. The number of amides is 1. The predicted octanol–water partition coefficient (Wildman–Crippen LogP) is 3.39. The molecule has 0 saturated carbocycles. The highest BCUT2D eigenvalue weighted by atomic mass is 35.5. The van der Waals surface area contributed by atoms with E-state index in [0.29, 0.717) is 18.5 Å². The van der Waals surface area contributed by atoms with E-state index in [4.69, 9.17) is 0 Å². The van der Waals surface area contributed by atoms with E-state index in [9.17, 15) is 22.4 Å². The van der Waals surface area contributed by atoms with Crippen molar-refractivity contribution in [2.45, 2.75) is 25.4 Å². The van der Waals surface area contributed by atoms with Gasteiger partial charge < -0.3 is 10.6 Å². The molecular formula is C15H19ClF4N2O. The largest absolute Gasteiger partial charge is 0.419 e. The van der Waals surface area contributed by atoms with Gasteiger partial charge in [-0.05, 0) is 50.4 Å². The van der Waals surface area contributed by atoms with Crippen LogP contribution < -0.4 is 10.6 Å². The highest BCUT2D eigenvalue weighted by Gasteiger charge is 2.35. The standard InChI is InChI=1S/C15H18F4N2O.ClH/c16-13-11(4-1-5-12(13)15(17,18)19)14(22)21-8-6-10-3-2-7-20-9-10;/h1,4-5,10,20H,2-3,6-9H2,(H,21,22);1H. The van der Waals surface area contributed by atoms with Crippen LogP contribution >= 0.6 is 12.4 Å². The molecule has 2 N–H and O–H groups in total. The lowest BCUT2D eigenvalue weighted by Crippen LogP contribution is -2.33. The molecule has 3 nitrogen and oxygen atoms in total. The first-order valence-corrected chi connectivity index (χ1v) is 7.24. The van der Waals surface area contributed by atoms with Crippen LogP contribution in [0.3, 0.4) is 0 Å². The fraction of sp³-hybridized carbons (Fsp3) is 0.533. The number of alkyl halides is 3. The second kappa shape index (κ2) is 8.49. The molecule has 1 saturated heterocycles. The summed E-state index contributed by atoms with van der Waals surface area (Å²) in [6.45, 7) is 2.17. The molecule has 0 spiro atoms. The average Bonchev–Trinajstić information content (AvgIpc) is 2.47. The van der Waals surface area contributed by atoms with Gasteiger partial charge in [-0.15, -0.1) is 12.4 Å². The molecule has 0 aliphatic carbocycles. The SMILES string of the molecule is Cl.O=C(NCCC1CCCNC1)c1cccc(C(F)(F)F)c1F. The van der Waals surface area contributed by atoms with E-state index >= 15 is 0 Å². The maximum absolute atomic E-state index is 13.8. The highest BCUT2D eigenvalue weighted by Crippen LogP contribution is 2.32. The number of carbonyl (C=O) groups excluding carboxylic acids is 1. The number of hydrogen-bond acceptors (Lipinski definition) is 2. The zero-order valence-electron chi connectivity index (χ0n) is 12.4. The minimum Gasteiger partial charge on any atom is -0.352 e. The Kier molecular flexibility index (Phi) is 7.28. The lowest BCUT2D eigenvalue weighted by molar-refractivity contribution is -0.140. The second-order valence-corrected chi connectivity index (χ2v) is 5.42. The summed E-state index contributed by atoms with van der Waals surface area (Å²) in [4.78, 5) is 11.9. The molecular weight excluding hydrogens is 336 g/mol. The Bertz CT molecular complexity index is 531. The van der Waals surface area contributed by atoms with Gasteiger partial charge in [-0.2, -0.15) is 13.2 Å². The van der Waals surface area contributed by atoms with Crippen molar-refractivity contribution in [3.8, 4) is 0 Å². The summed E-state index contributed by atoms with van der Waals surface area (Å²) in [5, 5.41) is 5.73. The zero-order chi connectivity index (χ0) is 16.2. The number of piperidine rings is 1. The van der Waals surface area contributed by atoms with Gasteiger partial charge in [-0.3, -0.25) is 4.79 Å². The van der Waals surface area contributed by atoms with Gasteiger partial charge in [0, 0.05) is 6.54 Å². The van der Waals surface area contributed by atoms with Crippen LogP contribution in [0.2, 0.25) is 0 Å². The summed E-state index contributed by atoms with van der Waals surface area (Å²) in [5.74, 6) is -1.90. The third-order valence-electron chi connectivity index (χ3n) is 3.79. The molecule has 1 fully saturated rings. The van der Waals surface area contributed by atoms with Crippen molar-refractivity contribution in [1.29, 1.82) is 0 Å². The van der Waals surface area contributed by atoms with Gasteiger partial charge in [-0.1, -0.05) is 6.07 Å². The van der Waals surface area contributed by atoms with E-state index in [0.717, 1.165) is 44.5 Å². The minimum atomic E-state index is -4.81. The van der Waals surface area contributed by atoms with Gasteiger partial charge in [0.25, 0.3) is 5.91 Å². The summed E-state index contributed by atoms with van der Waals surface area (Å²) in [7, 11) is 0. The molecule has 1 aliphatic heterocycles. The molecule has 1 aromatic rings. The normalized spacial score (nSPS) is 18.2. The molecule has 0 bridgehead atoms. The van der Waals surface area contributed by atoms with Crippen LogP contribution in [0.1, 0.15) is 35.2 Å². The smallest absolute Gasteiger partial charge is 0.352 e. The van der Waals surface area contributed by atoms with E-state index in [2.05, 4.69) is 10.6 Å². The third-order valence-corrected chi connectivity index (χ3v) is 3.79. The van der Waals surface area contributed by atoms with E-state index in [1.54, 1.807) is 0 Å². The fourth-order valence-corrected chi connectivity index (χ4v) is 2.58. The van der Waals surface area contributed by atoms with Crippen molar-refractivity contribution in [3.63, 3.8) is 0 Å². The monoisotopic (exact) mass is 354 g/mol. The first kappa shape index (κ1) is 19.7. The van der Waals surface area contributed by atoms with Crippen molar-refractivity contribution >= 4 is 18.3 Å². The summed E-state index contributed by atoms with van der Waals surface area (Å²) >= 11 is 0. The Morgan fingerprint density at radius 1 is 1.35 bits per heavy atom. The molecule has 1 aromatic carbocycles. The van der Waals surface area contributed by atoms with Crippen molar-refractivity contribution < 1.29 is 22.4 Å². The first-order valence-electron chi connectivity index (χ1n) is 7.24. The summed E-state index contributed by atoms with van der Waals surface area (Å²) in [5.41, 5.74) is -1.99. The van der Waals surface area contributed by atoms with Crippen LogP contribution in [0.4, 0.5) is 17.6 Å². The maximum Gasteiger partial charge on any atom is 0.419 e. The van der Waals surface area contributed by atoms with Crippen molar-refractivity contribution in [1.82, 2.24) is 10.6 Å². The maximum atomic E-state index is 13.8. The summed E-state index contributed by atoms with van der Waals surface area (Å²) < 4.78 is 51.6. The molecule has 0 aromatic heterocycles. The van der Waals surface area contributed by atoms with Crippen LogP contribution in [0.25, 0.3) is 0 Å².